The van der Waals surface area contributed by atoms with E-state index in [1.54, 1.807) is 49.6 Å². The lowest BCUT2D eigenvalue weighted by molar-refractivity contribution is -0.142. The highest BCUT2D eigenvalue weighted by Gasteiger charge is 2.31. The standard InChI is InChI=1S/C29H32Cl2N2O4/c1-3-4-16-32-29(35)27(17-21-8-6-5-7-9-21)33(19-22-10-11-23(30)18-26(22)31)28(34)20-37-25-14-12-24(36-2)13-15-25/h5-15,18,27H,3-4,16-17,19-20H2,1-2H3,(H,32,35)/t27-/m0/s1. The molecule has 0 spiro atoms. The molecule has 0 heterocycles. The van der Waals surface area contributed by atoms with Crippen molar-refractivity contribution in [1.82, 2.24) is 10.2 Å². The highest BCUT2D eigenvalue weighted by atomic mass is 35.5. The summed E-state index contributed by atoms with van der Waals surface area (Å²) in [7, 11) is 1.58. The second kappa shape index (κ2) is 14.5. The number of unbranched alkanes of at least 4 members (excludes halogenated alkanes) is 1. The van der Waals surface area contributed by atoms with Crippen molar-refractivity contribution in [2.45, 2.75) is 38.8 Å². The summed E-state index contributed by atoms with van der Waals surface area (Å²) >= 11 is 12.5. The van der Waals surface area contributed by atoms with E-state index in [9.17, 15) is 9.59 Å². The van der Waals surface area contributed by atoms with E-state index in [0.717, 1.165) is 18.4 Å². The number of rotatable bonds is 13. The van der Waals surface area contributed by atoms with Crippen molar-refractivity contribution < 1.29 is 19.1 Å². The van der Waals surface area contributed by atoms with E-state index in [4.69, 9.17) is 32.7 Å². The van der Waals surface area contributed by atoms with Gasteiger partial charge in [-0.15, -0.1) is 0 Å². The smallest absolute Gasteiger partial charge is 0.261 e. The zero-order chi connectivity index (χ0) is 26.6. The first-order chi connectivity index (χ1) is 17.9. The topological polar surface area (TPSA) is 67.9 Å². The number of ether oxygens (including phenoxy) is 2. The van der Waals surface area contributed by atoms with Crippen LogP contribution in [-0.2, 0) is 22.6 Å². The third-order valence-corrected chi connectivity index (χ3v) is 6.47. The monoisotopic (exact) mass is 542 g/mol. The fourth-order valence-electron chi connectivity index (χ4n) is 3.79. The van der Waals surface area contributed by atoms with Crippen LogP contribution < -0.4 is 14.8 Å². The summed E-state index contributed by atoms with van der Waals surface area (Å²) in [5, 5.41) is 3.91. The Kier molecular flexibility index (Phi) is 11.1. The Bertz CT molecular complexity index is 1160. The number of hydrogen-bond donors (Lipinski definition) is 1. The number of nitrogens with zero attached hydrogens (tertiary/aromatic N) is 1. The Labute approximate surface area is 228 Å². The van der Waals surface area contributed by atoms with Gasteiger partial charge in [-0.3, -0.25) is 9.59 Å². The molecule has 3 aromatic carbocycles. The average Bonchev–Trinajstić information content (AvgIpc) is 2.91. The summed E-state index contributed by atoms with van der Waals surface area (Å²) in [6.45, 7) is 2.47. The molecule has 0 unspecified atom stereocenters. The summed E-state index contributed by atoms with van der Waals surface area (Å²) in [5.74, 6) is 0.642. The number of nitrogens with one attached hydrogen (secondary N) is 1. The maximum atomic E-state index is 13.6. The Morgan fingerprint density at radius 1 is 0.973 bits per heavy atom. The molecule has 2 amide bonds. The van der Waals surface area contributed by atoms with Gasteiger partial charge in [-0.25, -0.2) is 0 Å². The van der Waals surface area contributed by atoms with Crippen molar-refractivity contribution in [2.75, 3.05) is 20.3 Å². The summed E-state index contributed by atoms with van der Waals surface area (Å²) in [5.41, 5.74) is 1.62. The summed E-state index contributed by atoms with van der Waals surface area (Å²) in [6.07, 6.45) is 2.14. The van der Waals surface area contributed by atoms with Crippen LogP contribution in [0.2, 0.25) is 10.0 Å². The van der Waals surface area contributed by atoms with Crippen molar-refractivity contribution in [1.29, 1.82) is 0 Å². The lowest BCUT2D eigenvalue weighted by Crippen LogP contribution is -2.51. The molecule has 37 heavy (non-hydrogen) atoms. The van der Waals surface area contributed by atoms with Gasteiger partial charge in [0, 0.05) is 29.6 Å². The molecule has 6 nitrogen and oxygen atoms in total. The van der Waals surface area contributed by atoms with Crippen LogP contribution in [0, 0.1) is 0 Å². The van der Waals surface area contributed by atoms with Gasteiger partial charge in [0.05, 0.1) is 7.11 Å². The van der Waals surface area contributed by atoms with Gasteiger partial charge < -0.3 is 19.7 Å². The largest absolute Gasteiger partial charge is 0.497 e. The minimum absolute atomic E-state index is 0.125. The van der Waals surface area contributed by atoms with Crippen LogP contribution in [0.1, 0.15) is 30.9 Å². The predicted octanol–water partition coefficient (Wildman–Crippen LogP) is 5.94. The van der Waals surface area contributed by atoms with Gasteiger partial charge in [-0.1, -0.05) is 72.9 Å². The highest BCUT2D eigenvalue weighted by Crippen LogP contribution is 2.24. The number of hydrogen-bond acceptors (Lipinski definition) is 4. The third kappa shape index (κ3) is 8.69. The number of methoxy groups -OCH3 is 1. The molecule has 1 N–H and O–H groups in total. The van der Waals surface area contributed by atoms with Crippen LogP contribution in [0.3, 0.4) is 0 Å². The van der Waals surface area contributed by atoms with Crippen molar-refractivity contribution in [3.63, 3.8) is 0 Å². The van der Waals surface area contributed by atoms with Gasteiger partial charge in [0.1, 0.15) is 17.5 Å². The molecule has 0 aliphatic heterocycles. The molecule has 3 rings (SSSR count). The molecule has 0 bridgehead atoms. The SMILES string of the molecule is CCCCNC(=O)[C@H](Cc1ccccc1)N(Cc1ccc(Cl)cc1Cl)C(=O)COc1ccc(OC)cc1. The Hall–Kier alpha value is -3.22. The molecule has 0 aromatic heterocycles. The molecule has 0 saturated heterocycles. The van der Waals surface area contributed by atoms with Crippen LogP contribution in [0.25, 0.3) is 0 Å². The van der Waals surface area contributed by atoms with Gasteiger partial charge in [0.2, 0.25) is 5.91 Å². The molecule has 0 radical (unpaired) electrons. The first-order valence-electron chi connectivity index (χ1n) is 12.2. The van der Waals surface area contributed by atoms with Crippen LogP contribution in [0.15, 0.2) is 72.8 Å². The van der Waals surface area contributed by atoms with Crippen LogP contribution >= 0.6 is 23.2 Å². The molecule has 0 saturated carbocycles. The van der Waals surface area contributed by atoms with E-state index >= 15 is 0 Å². The van der Waals surface area contributed by atoms with Crippen LogP contribution in [-0.4, -0.2) is 43.0 Å². The summed E-state index contributed by atoms with van der Waals surface area (Å²) in [6, 6.07) is 20.9. The van der Waals surface area contributed by atoms with E-state index in [-0.39, 0.29) is 25.0 Å². The first kappa shape index (κ1) is 28.4. The van der Waals surface area contributed by atoms with Gasteiger partial charge >= 0.3 is 0 Å². The number of halogens is 2. The lowest BCUT2D eigenvalue weighted by Gasteiger charge is -2.31. The fraction of sp³-hybridized carbons (Fsp3) is 0.310. The first-order valence-corrected chi connectivity index (χ1v) is 13.0. The van der Waals surface area contributed by atoms with E-state index in [0.29, 0.717) is 40.1 Å². The van der Waals surface area contributed by atoms with Crippen LogP contribution in [0.4, 0.5) is 0 Å². The fourth-order valence-corrected chi connectivity index (χ4v) is 4.26. The van der Waals surface area contributed by atoms with Crippen molar-refractivity contribution in [2.24, 2.45) is 0 Å². The summed E-state index contributed by atoms with van der Waals surface area (Å²) in [4.78, 5) is 28.6. The van der Waals surface area contributed by atoms with Gasteiger partial charge in [-0.05, 0) is 53.9 Å². The zero-order valence-electron chi connectivity index (χ0n) is 21.1. The summed E-state index contributed by atoms with van der Waals surface area (Å²) < 4.78 is 11.0. The average molecular weight is 543 g/mol. The Morgan fingerprint density at radius 3 is 2.32 bits per heavy atom. The second-order valence-corrected chi connectivity index (χ2v) is 9.42. The lowest BCUT2D eigenvalue weighted by atomic mass is 10.0. The van der Waals surface area contributed by atoms with E-state index < -0.39 is 6.04 Å². The molecule has 196 valence electrons. The van der Waals surface area contributed by atoms with Gasteiger partial charge in [0.25, 0.3) is 5.91 Å². The zero-order valence-corrected chi connectivity index (χ0v) is 22.6. The molecule has 0 fully saturated rings. The third-order valence-electron chi connectivity index (χ3n) is 5.88. The molecular weight excluding hydrogens is 511 g/mol. The van der Waals surface area contributed by atoms with Crippen molar-refractivity contribution >= 4 is 35.0 Å². The molecule has 0 aliphatic rings. The number of carbonyl (C=O) groups excluding carboxylic acids is 2. The number of amides is 2. The maximum absolute atomic E-state index is 13.6. The Morgan fingerprint density at radius 2 is 1.68 bits per heavy atom. The molecule has 3 aromatic rings. The highest BCUT2D eigenvalue weighted by molar-refractivity contribution is 6.35. The van der Waals surface area contributed by atoms with E-state index in [1.165, 1.54) is 4.90 Å². The van der Waals surface area contributed by atoms with Gasteiger partial charge in [-0.2, -0.15) is 0 Å². The molecular formula is C29H32Cl2N2O4. The van der Waals surface area contributed by atoms with E-state index in [1.807, 2.05) is 30.3 Å². The quantitative estimate of drug-likeness (QED) is 0.271. The Balaban J connectivity index is 1.89. The van der Waals surface area contributed by atoms with E-state index in [2.05, 4.69) is 12.2 Å². The molecule has 0 aliphatic carbocycles. The maximum Gasteiger partial charge on any atom is 0.261 e. The minimum atomic E-state index is -0.766. The van der Waals surface area contributed by atoms with Crippen molar-refractivity contribution in [3.8, 4) is 11.5 Å². The normalized spacial score (nSPS) is 11.5. The molecule has 1 atom stereocenters. The molecule has 8 heteroatoms. The van der Waals surface area contributed by atoms with Crippen LogP contribution in [0.5, 0.6) is 11.5 Å². The second-order valence-electron chi connectivity index (χ2n) is 8.57. The van der Waals surface area contributed by atoms with Gasteiger partial charge in [0.15, 0.2) is 6.61 Å². The predicted molar refractivity (Wildman–Crippen MR) is 147 cm³/mol. The minimum Gasteiger partial charge on any atom is -0.497 e. The van der Waals surface area contributed by atoms with Crippen molar-refractivity contribution in [3.05, 3.63) is 94.0 Å². The number of carbonyl (C=O) groups is 2. The number of benzene rings is 3.